The van der Waals surface area contributed by atoms with Crippen molar-refractivity contribution in [3.8, 4) is 5.75 Å². The Morgan fingerprint density at radius 2 is 1.79 bits per heavy atom. The topological polar surface area (TPSA) is 63.6 Å². The summed E-state index contributed by atoms with van der Waals surface area (Å²) in [5.74, 6) is 0.154. The highest BCUT2D eigenvalue weighted by atomic mass is 35.5. The highest BCUT2D eigenvalue weighted by Gasteiger charge is 2.16. The molecule has 2 rings (SSSR count). The fourth-order valence-corrected chi connectivity index (χ4v) is 2.52. The molecule has 0 radical (unpaired) electrons. The molecule has 0 aliphatic heterocycles. The molecule has 0 unspecified atom stereocenters. The number of benzene rings is 2. The minimum absolute atomic E-state index is 0.0197. The summed E-state index contributed by atoms with van der Waals surface area (Å²) in [5.41, 5.74) is 0.573. The Balaban J connectivity index is 2.28. The molecule has 0 bridgehead atoms. The van der Waals surface area contributed by atoms with Gasteiger partial charge in [0.25, 0.3) is 0 Å². The summed E-state index contributed by atoms with van der Waals surface area (Å²) in [7, 11) is -3.90. The zero-order valence-electron chi connectivity index (χ0n) is 9.78. The third kappa shape index (κ3) is 3.47. The Kier molecular flexibility index (Phi) is 4.09. The Morgan fingerprint density at radius 3 is 2.42 bits per heavy atom. The van der Waals surface area contributed by atoms with Crippen molar-refractivity contribution in [2.24, 2.45) is 0 Å². The van der Waals surface area contributed by atoms with Gasteiger partial charge in [-0.2, -0.15) is 8.42 Å². The number of halogens is 1. The molecule has 0 fully saturated rings. The van der Waals surface area contributed by atoms with Crippen molar-refractivity contribution in [2.75, 3.05) is 0 Å². The van der Waals surface area contributed by atoms with E-state index in [-0.39, 0.29) is 17.3 Å². The van der Waals surface area contributed by atoms with E-state index in [2.05, 4.69) is 0 Å². The molecule has 0 atom stereocenters. The largest absolute Gasteiger partial charge is 0.392 e. The van der Waals surface area contributed by atoms with Crippen LogP contribution in [0.25, 0.3) is 0 Å². The van der Waals surface area contributed by atoms with Crippen LogP contribution in [0.1, 0.15) is 5.56 Å². The van der Waals surface area contributed by atoms with Crippen LogP contribution in [-0.4, -0.2) is 13.5 Å². The second kappa shape index (κ2) is 5.61. The number of aliphatic hydroxyl groups excluding tert-OH is 1. The third-order valence-corrected chi connectivity index (χ3v) is 3.90. The average molecular weight is 299 g/mol. The molecule has 19 heavy (non-hydrogen) atoms. The molecular weight excluding hydrogens is 288 g/mol. The predicted molar refractivity (Wildman–Crippen MR) is 71.6 cm³/mol. The monoisotopic (exact) mass is 298 g/mol. The van der Waals surface area contributed by atoms with Crippen molar-refractivity contribution >= 4 is 21.7 Å². The van der Waals surface area contributed by atoms with Crippen molar-refractivity contribution in [1.29, 1.82) is 0 Å². The quantitative estimate of drug-likeness (QED) is 0.881. The Hall–Kier alpha value is -1.56. The summed E-state index contributed by atoms with van der Waals surface area (Å²) in [6.07, 6.45) is 0. The lowest BCUT2D eigenvalue weighted by Gasteiger charge is -2.07. The van der Waals surface area contributed by atoms with Gasteiger partial charge in [0.2, 0.25) is 0 Å². The van der Waals surface area contributed by atoms with Crippen molar-refractivity contribution in [2.45, 2.75) is 11.5 Å². The SMILES string of the molecule is O=S(=O)(Oc1cccc(CO)c1)c1ccc(Cl)cc1. The summed E-state index contributed by atoms with van der Waals surface area (Å²) in [4.78, 5) is 0.0197. The Bertz CT molecular complexity index is 665. The van der Waals surface area contributed by atoms with Gasteiger partial charge in [0.1, 0.15) is 10.6 Å². The van der Waals surface area contributed by atoms with E-state index in [0.29, 0.717) is 10.6 Å². The number of rotatable bonds is 4. The summed E-state index contributed by atoms with van der Waals surface area (Å²) in [6.45, 7) is -0.182. The molecule has 100 valence electrons. The lowest BCUT2D eigenvalue weighted by atomic mass is 10.2. The minimum Gasteiger partial charge on any atom is -0.392 e. The number of aliphatic hydroxyl groups is 1. The summed E-state index contributed by atoms with van der Waals surface area (Å²) in [5, 5.41) is 9.43. The minimum atomic E-state index is -3.90. The maximum absolute atomic E-state index is 12.0. The van der Waals surface area contributed by atoms with Crippen LogP contribution in [0.4, 0.5) is 0 Å². The van der Waals surface area contributed by atoms with Gasteiger partial charge >= 0.3 is 10.1 Å². The molecular formula is C13H11ClO4S. The van der Waals surface area contributed by atoms with Gasteiger partial charge in [-0.15, -0.1) is 0 Å². The van der Waals surface area contributed by atoms with Gasteiger partial charge in [-0.3, -0.25) is 0 Å². The highest BCUT2D eigenvalue weighted by molar-refractivity contribution is 7.87. The first-order valence-corrected chi connectivity index (χ1v) is 7.20. The highest BCUT2D eigenvalue weighted by Crippen LogP contribution is 2.21. The van der Waals surface area contributed by atoms with Crippen LogP contribution in [0.15, 0.2) is 53.4 Å². The van der Waals surface area contributed by atoms with Crippen LogP contribution in [-0.2, 0) is 16.7 Å². The normalized spacial score (nSPS) is 11.3. The van der Waals surface area contributed by atoms with E-state index in [4.69, 9.17) is 20.9 Å². The van der Waals surface area contributed by atoms with Crippen LogP contribution < -0.4 is 4.18 Å². The van der Waals surface area contributed by atoms with Crippen LogP contribution in [0.3, 0.4) is 0 Å². The molecule has 0 spiro atoms. The fraction of sp³-hybridized carbons (Fsp3) is 0.0769. The van der Waals surface area contributed by atoms with E-state index < -0.39 is 10.1 Å². The zero-order chi connectivity index (χ0) is 13.9. The number of hydrogen-bond donors (Lipinski definition) is 1. The van der Waals surface area contributed by atoms with Crippen LogP contribution >= 0.6 is 11.6 Å². The first kappa shape index (κ1) is 13.9. The smallest absolute Gasteiger partial charge is 0.339 e. The van der Waals surface area contributed by atoms with E-state index in [1.54, 1.807) is 12.1 Å². The zero-order valence-corrected chi connectivity index (χ0v) is 11.4. The summed E-state index contributed by atoms with van der Waals surface area (Å²) in [6, 6.07) is 11.9. The molecule has 0 aliphatic carbocycles. The van der Waals surface area contributed by atoms with Gasteiger partial charge in [-0.25, -0.2) is 0 Å². The standard InChI is InChI=1S/C13H11ClO4S/c14-11-4-6-13(7-5-11)19(16,17)18-12-3-1-2-10(8-12)9-15/h1-8,15H,9H2. The van der Waals surface area contributed by atoms with E-state index in [0.717, 1.165) is 0 Å². The fourth-order valence-electron chi connectivity index (χ4n) is 1.47. The molecule has 0 aliphatic rings. The van der Waals surface area contributed by atoms with Gasteiger partial charge in [0.15, 0.2) is 0 Å². The van der Waals surface area contributed by atoms with Gasteiger partial charge in [0, 0.05) is 5.02 Å². The molecule has 6 heteroatoms. The van der Waals surface area contributed by atoms with Gasteiger partial charge < -0.3 is 9.29 Å². The molecule has 2 aromatic carbocycles. The lowest BCUT2D eigenvalue weighted by molar-refractivity contribution is 0.281. The van der Waals surface area contributed by atoms with Crippen molar-refractivity contribution in [1.82, 2.24) is 0 Å². The molecule has 0 saturated heterocycles. The van der Waals surface area contributed by atoms with E-state index in [9.17, 15) is 8.42 Å². The van der Waals surface area contributed by atoms with Gasteiger partial charge in [-0.05, 0) is 42.0 Å². The Morgan fingerprint density at radius 1 is 1.11 bits per heavy atom. The maximum atomic E-state index is 12.0. The number of hydrogen-bond acceptors (Lipinski definition) is 4. The molecule has 2 aromatic rings. The molecule has 4 nitrogen and oxygen atoms in total. The first-order valence-electron chi connectivity index (χ1n) is 5.41. The van der Waals surface area contributed by atoms with Crippen molar-refractivity contribution < 1.29 is 17.7 Å². The molecule has 0 amide bonds. The predicted octanol–water partition coefficient (Wildman–Crippen LogP) is 2.60. The second-order valence-corrected chi connectivity index (χ2v) is 5.78. The average Bonchev–Trinajstić information content (AvgIpc) is 2.39. The van der Waals surface area contributed by atoms with Crippen LogP contribution in [0, 0.1) is 0 Å². The van der Waals surface area contributed by atoms with Crippen molar-refractivity contribution in [3.05, 3.63) is 59.1 Å². The third-order valence-electron chi connectivity index (χ3n) is 2.39. The molecule has 0 heterocycles. The molecule has 1 N–H and O–H groups in total. The van der Waals surface area contributed by atoms with Crippen LogP contribution in [0.5, 0.6) is 5.75 Å². The van der Waals surface area contributed by atoms with E-state index >= 15 is 0 Å². The van der Waals surface area contributed by atoms with Crippen molar-refractivity contribution in [3.63, 3.8) is 0 Å². The molecule has 0 aromatic heterocycles. The van der Waals surface area contributed by atoms with Gasteiger partial charge in [-0.1, -0.05) is 23.7 Å². The second-order valence-electron chi connectivity index (χ2n) is 3.80. The van der Waals surface area contributed by atoms with Crippen LogP contribution in [0.2, 0.25) is 5.02 Å². The maximum Gasteiger partial charge on any atom is 0.339 e. The molecule has 0 saturated carbocycles. The first-order chi connectivity index (χ1) is 9.01. The Labute approximate surface area is 116 Å². The van der Waals surface area contributed by atoms with E-state index in [1.165, 1.54) is 36.4 Å². The van der Waals surface area contributed by atoms with E-state index in [1.807, 2.05) is 0 Å². The van der Waals surface area contributed by atoms with Gasteiger partial charge in [0.05, 0.1) is 6.61 Å². The lowest BCUT2D eigenvalue weighted by Crippen LogP contribution is -2.09. The summed E-state index contributed by atoms with van der Waals surface area (Å²) < 4.78 is 29.0. The summed E-state index contributed by atoms with van der Waals surface area (Å²) >= 11 is 5.70.